The molecule has 0 aromatic rings. The first kappa shape index (κ1) is 14.7. The fraction of sp³-hybridized carbons (Fsp3) is 0.667. The molecule has 0 aromatic heterocycles. The number of rotatable bonds is 1. The van der Waals surface area contributed by atoms with Gasteiger partial charge in [-0.25, -0.2) is 4.79 Å². The molecule has 0 bridgehead atoms. The van der Waals surface area contributed by atoms with Gasteiger partial charge in [0.15, 0.2) is 0 Å². The Morgan fingerprint density at radius 1 is 1.25 bits per heavy atom. The maximum absolute atomic E-state index is 11.0. The molecule has 2 amide bonds. The van der Waals surface area contributed by atoms with E-state index in [1.165, 1.54) is 0 Å². The maximum Gasteiger partial charge on any atom is 0.340 e. The van der Waals surface area contributed by atoms with Gasteiger partial charge in [-0.1, -0.05) is 27.4 Å². The molecule has 16 heavy (non-hydrogen) atoms. The van der Waals surface area contributed by atoms with E-state index in [0.717, 1.165) is 0 Å². The molecule has 0 spiro atoms. The van der Waals surface area contributed by atoms with Crippen LogP contribution in [0, 0.1) is 5.41 Å². The number of carbonyl (C=O) groups excluding carboxylic acids is 1. The van der Waals surface area contributed by atoms with E-state index in [1.54, 1.807) is 6.20 Å². The van der Waals surface area contributed by atoms with Crippen LogP contribution < -0.4 is 5.73 Å². The summed E-state index contributed by atoms with van der Waals surface area (Å²) in [6.45, 7) is 15.8. The van der Waals surface area contributed by atoms with Crippen molar-refractivity contribution >= 4 is 11.9 Å². The van der Waals surface area contributed by atoms with Crippen molar-refractivity contribution in [2.75, 3.05) is 0 Å². The molecule has 0 aliphatic carbocycles. The summed E-state index contributed by atoms with van der Waals surface area (Å²) in [6, 6.07) is -0.680. The van der Waals surface area contributed by atoms with E-state index in [0.29, 0.717) is 5.84 Å². The third-order valence-corrected chi connectivity index (χ3v) is 2.02. The Labute approximate surface area is 98.2 Å². The van der Waals surface area contributed by atoms with Gasteiger partial charge in [0.1, 0.15) is 5.84 Å². The van der Waals surface area contributed by atoms with Crippen molar-refractivity contribution in [2.24, 2.45) is 16.1 Å². The van der Waals surface area contributed by atoms with Crippen molar-refractivity contribution in [2.45, 2.75) is 47.1 Å². The Hall–Kier alpha value is -1.32. The number of aliphatic imine (C=N–C) groups is 1. The smallest absolute Gasteiger partial charge is 0.340 e. The monoisotopic (exact) mass is 225 g/mol. The molecule has 0 fully saturated rings. The fourth-order valence-electron chi connectivity index (χ4n) is 1.37. The van der Waals surface area contributed by atoms with Gasteiger partial charge >= 0.3 is 6.03 Å². The molecule has 0 radical (unpaired) electrons. The van der Waals surface area contributed by atoms with E-state index in [1.807, 2.05) is 46.4 Å². The lowest BCUT2D eigenvalue weighted by molar-refractivity contribution is 0.253. The third-order valence-electron chi connectivity index (χ3n) is 2.02. The Morgan fingerprint density at radius 2 is 1.69 bits per heavy atom. The predicted octanol–water partition coefficient (Wildman–Crippen LogP) is 2.75. The number of urea groups is 1. The predicted molar refractivity (Wildman–Crippen MR) is 68.3 cm³/mol. The molecule has 0 unspecified atom stereocenters. The molecule has 0 atom stereocenters. The second kappa shape index (κ2) is 4.68. The van der Waals surface area contributed by atoms with Crippen molar-refractivity contribution < 1.29 is 4.79 Å². The van der Waals surface area contributed by atoms with Gasteiger partial charge < -0.3 is 10.6 Å². The molecule has 0 aliphatic heterocycles. The van der Waals surface area contributed by atoms with E-state index in [-0.39, 0.29) is 11.0 Å². The van der Waals surface area contributed by atoms with Gasteiger partial charge in [0.2, 0.25) is 0 Å². The van der Waals surface area contributed by atoms with Gasteiger partial charge in [-0.2, -0.15) is 4.99 Å². The van der Waals surface area contributed by atoms with Crippen LogP contribution in [0.3, 0.4) is 0 Å². The minimum atomic E-state index is -0.680. The molecule has 2 N–H and O–H groups in total. The van der Waals surface area contributed by atoms with E-state index >= 15 is 0 Å². The van der Waals surface area contributed by atoms with Crippen LogP contribution in [0.1, 0.15) is 41.5 Å². The lowest BCUT2D eigenvalue weighted by Gasteiger charge is -2.39. The summed E-state index contributed by atoms with van der Waals surface area (Å²) in [5.74, 6) is 0.627. The number of nitrogens with two attached hydrogens (primary N) is 1. The van der Waals surface area contributed by atoms with Crippen molar-refractivity contribution in [3.05, 3.63) is 12.8 Å². The number of nitrogens with zero attached hydrogens (tertiary/aromatic N) is 2. The molecule has 0 aliphatic rings. The second-order valence-electron chi connectivity index (χ2n) is 5.75. The van der Waals surface area contributed by atoms with Gasteiger partial charge in [-0.3, -0.25) is 0 Å². The molecule has 0 saturated carbocycles. The molecule has 92 valence electrons. The summed E-state index contributed by atoms with van der Waals surface area (Å²) < 4.78 is 0. The van der Waals surface area contributed by atoms with Crippen LogP contribution >= 0.6 is 0 Å². The fourth-order valence-corrected chi connectivity index (χ4v) is 1.37. The SMILES string of the molecule is C=CN(C(=NC(N)=O)C(C)(C)C)C(C)(C)C. The zero-order valence-corrected chi connectivity index (χ0v) is 11.2. The maximum atomic E-state index is 11.0. The first-order valence-corrected chi connectivity index (χ1v) is 5.30. The van der Waals surface area contributed by atoms with Crippen LogP contribution in [0.4, 0.5) is 4.79 Å². The lowest BCUT2D eigenvalue weighted by Crippen LogP contribution is -2.47. The highest BCUT2D eigenvalue weighted by atomic mass is 16.2. The van der Waals surface area contributed by atoms with E-state index in [4.69, 9.17) is 5.73 Å². The van der Waals surface area contributed by atoms with Crippen molar-refractivity contribution in [1.82, 2.24) is 4.90 Å². The van der Waals surface area contributed by atoms with Gasteiger partial charge in [0.05, 0.1) is 0 Å². The number of amides is 2. The van der Waals surface area contributed by atoms with Gasteiger partial charge in [-0.15, -0.1) is 0 Å². The average molecular weight is 225 g/mol. The Balaban J connectivity index is 5.52. The average Bonchev–Trinajstić information content (AvgIpc) is 1.98. The molecule has 0 saturated heterocycles. The number of hydrogen-bond acceptors (Lipinski definition) is 1. The number of primary amides is 1. The van der Waals surface area contributed by atoms with E-state index < -0.39 is 6.03 Å². The highest BCUT2D eigenvalue weighted by molar-refractivity contribution is 5.97. The highest BCUT2D eigenvalue weighted by Crippen LogP contribution is 2.25. The zero-order valence-electron chi connectivity index (χ0n) is 11.2. The molecule has 4 nitrogen and oxygen atoms in total. The largest absolute Gasteiger partial charge is 0.350 e. The molecular formula is C12H23N3O. The topological polar surface area (TPSA) is 58.7 Å². The van der Waals surface area contributed by atoms with E-state index in [9.17, 15) is 4.79 Å². The Kier molecular flexibility index (Phi) is 4.29. The van der Waals surface area contributed by atoms with Crippen LogP contribution in [-0.4, -0.2) is 22.3 Å². The first-order valence-electron chi connectivity index (χ1n) is 5.30. The van der Waals surface area contributed by atoms with Gasteiger partial charge in [0, 0.05) is 11.0 Å². The summed E-state index contributed by atoms with van der Waals surface area (Å²) in [4.78, 5) is 16.7. The third kappa shape index (κ3) is 4.04. The summed E-state index contributed by atoms with van der Waals surface area (Å²) in [5, 5.41) is 0. The van der Waals surface area contributed by atoms with Crippen LogP contribution in [0.5, 0.6) is 0 Å². The molecule has 0 heterocycles. The molecule has 0 aromatic carbocycles. The normalized spacial score (nSPS) is 13.5. The first-order chi connectivity index (χ1) is 7.00. The Bertz CT molecular complexity index is 305. The summed E-state index contributed by atoms with van der Waals surface area (Å²) in [5.41, 5.74) is 4.68. The number of carbonyl (C=O) groups is 1. The molecule has 0 rings (SSSR count). The minimum Gasteiger partial charge on any atom is -0.350 e. The zero-order chi connectivity index (χ0) is 13.1. The highest BCUT2D eigenvalue weighted by Gasteiger charge is 2.30. The van der Waals surface area contributed by atoms with Gasteiger partial charge in [-0.05, 0) is 27.0 Å². The number of hydrogen-bond donors (Lipinski definition) is 1. The lowest BCUT2D eigenvalue weighted by atomic mass is 9.91. The van der Waals surface area contributed by atoms with Crippen LogP contribution in [-0.2, 0) is 0 Å². The minimum absolute atomic E-state index is 0.191. The summed E-state index contributed by atoms with van der Waals surface area (Å²) in [7, 11) is 0. The quantitative estimate of drug-likeness (QED) is 0.551. The van der Waals surface area contributed by atoms with Crippen LogP contribution in [0.15, 0.2) is 17.8 Å². The second-order valence-corrected chi connectivity index (χ2v) is 5.75. The van der Waals surface area contributed by atoms with Crippen LogP contribution in [0.25, 0.3) is 0 Å². The molecular weight excluding hydrogens is 202 g/mol. The van der Waals surface area contributed by atoms with Crippen molar-refractivity contribution in [3.63, 3.8) is 0 Å². The number of amidine groups is 1. The summed E-state index contributed by atoms with van der Waals surface area (Å²) >= 11 is 0. The van der Waals surface area contributed by atoms with Crippen molar-refractivity contribution in [3.8, 4) is 0 Å². The standard InChI is InChI=1S/C12H23N3O/c1-8-15(12(5,6)7)9(11(2,3)4)14-10(13)16/h8H,1H2,2-7H3,(H2,13,16). The van der Waals surface area contributed by atoms with E-state index in [2.05, 4.69) is 11.6 Å². The van der Waals surface area contributed by atoms with Crippen LogP contribution in [0.2, 0.25) is 0 Å². The summed E-state index contributed by atoms with van der Waals surface area (Å²) in [6.07, 6.45) is 1.67. The Morgan fingerprint density at radius 3 is 1.88 bits per heavy atom. The van der Waals surface area contributed by atoms with Gasteiger partial charge in [0.25, 0.3) is 0 Å². The van der Waals surface area contributed by atoms with Crippen molar-refractivity contribution in [1.29, 1.82) is 0 Å². The molecule has 4 heteroatoms.